The molecule has 0 atom stereocenters. The van der Waals surface area contributed by atoms with Crippen LogP contribution in [0.25, 0.3) is 10.9 Å². The predicted molar refractivity (Wildman–Crippen MR) is 133 cm³/mol. The van der Waals surface area contributed by atoms with E-state index in [1.807, 2.05) is 55.6 Å². The van der Waals surface area contributed by atoms with Crippen LogP contribution in [-0.4, -0.2) is 64.8 Å². The summed E-state index contributed by atoms with van der Waals surface area (Å²) >= 11 is 11.6. The Kier molecular flexibility index (Phi) is 9.18. The van der Waals surface area contributed by atoms with Gasteiger partial charge < -0.3 is 19.5 Å². The topological polar surface area (TPSA) is 65.6 Å². The second-order valence-corrected chi connectivity index (χ2v) is 9.06. The van der Waals surface area contributed by atoms with Crippen LogP contribution in [0.1, 0.15) is 16.7 Å². The van der Waals surface area contributed by atoms with Crippen molar-refractivity contribution in [2.24, 2.45) is 0 Å². The molecule has 3 rings (SSSR count). The molecule has 0 radical (unpaired) electrons. The molecule has 0 fully saturated rings. The van der Waals surface area contributed by atoms with Crippen LogP contribution in [0.15, 0.2) is 54.7 Å². The molecule has 0 aliphatic carbocycles. The zero-order chi connectivity index (χ0) is 23.8. The molecular weight excluding hydrogens is 461 g/mol. The number of nitrogens with zero attached hydrogens (tertiary/aromatic N) is 2. The Morgan fingerprint density at radius 2 is 1.76 bits per heavy atom. The summed E-state index contributed by atoms with van der Waals surface area (Å²) in [6, 6.07) is 16.2. The van der Waals surface area contributed by atoms with Crippen LogP contribution in [0, 0.1) is 6.92 Å². The lowest BCUT2D eigenvalue weighted by molar-refractivity contribution is -0.140. The maximum absolute atomic E-state index is 13.3. The Labute approximate surface area is 204 Å². The highest BCUT2D eigenvalue weighted by Gasteiger charge is 2.25. The first-order valence-corrected chi connectivity index (χ1v) is 11.7. The Bertz CT molecular complexity index is 1070. The van der Waals surface area contributed by atoms with Crippen molar-refractivity contribution in [3.8, 4) is 0 Å². The number of H-pyrrole nitrogens is 1. The van der Waals surface area contributed by atoms with Crippen molar-refractivity contribution in [1.82, 2.24) is 14.8 Å². The highest BCUT2D eigenvalue weighted by molar-refractivity contribution is 6.53. The summed E-state index contributed by atoms with van der Waals surface area (Å²) in [4.78, 5) is 30.9. The lowest BCUT2D eigenvalue weighted by Gasteiger charge is -2.28. The number of methoxy groups -OCH3 is 1. The second kappa shape index (κ2) is 12.1. The number of carbonyl (C=O) groups is 2. The number of halogens is 2. The number of hydrogen-bond donors (Lipinski definition) is 1. The molecule has 33 heavy (non-hydrogen) atoms. The second-order valence-electron chi connectivity index (χ2n) is 7.96. The predicted octanol–water partition coefficient (Wildman–Crippen LogP) is 4.33. The quantitative estimate of drug-likeness (QED) is 0.407. The van der Waals surface area contributed by atoms with Gasteiger partial charge in [0.05, 0.1) is 13.2 Å². The van der Waals surface area contributed by atoms with Gasteiger partial charge in [0, 0.05) is 43.8 Å². The van der Waals surface area contributed by atoms with Gasteiger partial charge in [-0.2, -0.15) is 0 Å². The van der Waals surface area contributed by atoms with Gasteiger partial charge in [-0.05, 0) is 30.5 Å². The monoisotopic (exact) mass is 489 g/mol. The maximum Gasteiger partial charge on any atom is 0.256 e. The first-order valence-electron chi connectivity index (χ1n) is 10.8. The number of aromatic nitrogens is 1. The lowest BCUT2D eigenvalue weighted by atomic mass is 10.1. The first kappa shape index (κ1) is 25.1. The molecule has 0 saturated heterocycles. The van der Waals surface area contributed by atoms with Gasteiger partial charge in [0.15, 0.2) is 4.84 Å². The van der Waals surface area contributed by atoms with Crippen LogP contribution in [0.3, 0.4) is 0 Å². The number of nitrogens with one attached hydrogen (secondary N) is 1. The van der Waals surface area contributed by atoms with Gasteiger partial charge in [-0.25, -0.2) is 0 Å². The molecule has 6 nitrogen and oxygen atoms in total. The van der Waals surface area contributed by atoms with Crippen molar-refractivity contribution in [3.63, 3.8) is 0 Å². The third-order valence-electron chi connectivity index (χ3n) is 5.56. The zero-order valence-corrected chi connectivity index (χ0v) is 20.4. The maximum atomic E-state index is 13.3. The average Bonchev–Trinajstić information content (AvgIpc) is 3.23. The number of carbonyl (C=O) groups excluding carboxylic acids is 2. The number of amides is 2. The zero-order valence-electron chi connectivity index (χ0n) is 18.9. The summed E-state index contributed by atoms with van der Waals surface area (Å²) in [5.41, 5.74) is 4.38. The summed E-state index contributed by atoms with van der Waals surface area (Å²) < 4.78 is 5.08. The Morgan fingerprint density at radius 3 is 2.45 bits per heavy atom. The Hall–Kier alpha value is -2.54. The third-order valence-corrected chi connectivity index (χ3v) is 5.94. The SMILES string of the molecule is COCCN(CC(=O)N(CCc1c[nH]c2ccccc12)Cc1ccc(C)cc1)C(=O)C(Cl)Cl. The summed E-state index contributed by atoms with van der Waals surface area (Å²) in [5, 5.41) is 1.14. The Balaban J connectivity index is 1.77. The summed E-state index contributed by atoms with van der Waals surface area (Å²) in [6.45, 7) is 3.38. The van der Waals surface area contributed by atoms with E-state index in [9.17, 15) is 9.59 Å². The molecule has 1 N–H and O–H groups in total. The molecular formula is C25H29Cl2N3O3. The molecule has 0 aliphatic heterocycles. The third kappa shape index (κ3) is 6.97. The molecule has 176 valence electrons. The first-order chi connectivity index (χ1) is 15.9. The van der Waals surface area contributed by atoms with E-state index in [4.69, 9.17) is 27.9 Å². The molecule has 2 amide bonds. The van der Waals surface area contributed by atoms with Crippen molar-refractivity contribution < 1.29 is 14.3 Å². The Morgan fingerprint density at radius 1 is 1.03 bits per heavy atom. The molecule has 1 aromatic heterocycles. The summed E-state index contributed by atoms with van der Waals surface area (Å²) in [7, 11) is 1.54. The molecule has 0 spiro atoms. The van der Waals surface area contributed by atoms with E-state index in [-0.39, 0.29) is 25.6 Å². The fourth-order valence-corrected chi connectivity index (χ4v) is 3.95. The molecule has 0 unspecified atom stereocenters. The van der Waals surface area contributed by atoms with E-state index >= 15 is 0 Å². The van der Waals surface area contributed by atoms with E-state index < -0.39 is 10.7 Å². The molecule has 0 saturated carbocycles. The van der Waals surface area contributed by atoms with Crippen molar-refractivity contribution in [1.29, 1.82) is 0 Å². The van der Waals surface area contributed by atoms with E-state index in [2.05, 4.69) is 11.1 Å². The van der Waals surface area contributed by atoms with Crippen LogP contribution < -0.4 is 0 Å². The van der Waals surface area contributed by atoms with Crippen molar-refractivity contribution >= 4 is 45.9 Å². The van der Waals surface area contributed by atoms with Gasteiger partial charge in [0.1, 0.15) is 0 Å². The molecule has 1 heterocycles. The number of ether oxygens (including phenoxy) is 1. The van der Waals surface area contributed by atoms with Crippen molar-refractivity contribution in [2.45, 2.75) is 24.7 Å². The summed E-state index contributed by atoms with van der Waals surface area (Å²) in [5.74, 6) is -0.676. The minimum atomic E-state index is -1.23. The van der Waals surface area contributed by atoms with Crippen LogP contribution in [0.4, 0.5) is 0 Å². The van der Waals surface area contributed by atoms with Crippen LogP contribution >= 0.6 is 23.2 Å². The minimum absolute atomic E-state index is 0.113. The molecule has 3 aromatic rings. The van der Waals surface area contributed by atoms with Gasteiger partial charge in [-0.15, -0.1) is 0 Å². The lowest BCUT2D eigenvalue weighted by Crippen LogP contribution is -2.46. The number of aryl methyl sites for hydroxylation is 1. The molecule has 0 aliphatic rings. The average molecular weight is 490 g/mol. The normalized spacial score (nSPS) is 11.2. The van der Waals surface area contributed by atoms with Crippen molar-refractivity contribution in [2.75, 3.05) is 33.4 Å². The molecule has 8 heteroatoms. The van der Waals surface area contributed by atoms with E-state index in [1.54, 1.807) is 4.90 Å². The van der Waals surface area contributed by atoms with Crippen LogP contribution in [-0.2, 0) is 27.3 Å². The standard InChI is InChI=1S/C25H29Cl2N3O3/c1-18-7-9-19(10-8-18)16-29(12-11-20-15-28-22-6-4-3-5-21(20)22)23(31)17-30(13-14-33-2)25(32)24(26)27/h3-10,15,24,28H,11-14,16-17H2,1-2H3. The van der Waals surface area contributed by atoms with Gasteiger partial charge in [0.25, 0.3) is 5.91 Å². The fourth-order valence-electron chi connectivity index (χ4n) is 3.67. The number of aromatic amines is 1. The summed E-state index contributed by atoms with van der Waals surface area (Å²) in [6.07, 6.45) is 2.67. The number of para-hydroxylation sites is 1. The largest absolute Gasteiger partial charge is 0.383 e. The number of benzene rings is 2. The number of rotatable bonds is 11. The van der Waals surface area contributed by atoms with Gasteiger partial charge in [0.2, 0.25) is 5.91 Å². The smallest absolute Gasteiger partial charge is 0.256 e. The van der Waals surface area contributed by atoms with Gasteiger partial charge in [-0.1, -0.05) is 71.2 Å². The highest BCUT2D eigenvalue weighted by atomic mass is 35.5. The molecule has 0 bridgehead atoms. The van der Waals surface area contributed by atoms with Gasteiger partial charge in [-0.3, -0.25) is 9.59 Å². The van der Waals surface area contributed by atoms with E-state index in [0.29, 0.717) is 19.5 Å². The number of fused-ring (bicyclic) bond motifs is 1. The van der Waals surface area contributed by atoms with Crippen LogP contribution in [0.5, 0.6) is 0 Å². The van der Waals surface area contributed by atoms with Gasteiger partial charge >= 0.3 is 0 Å². The number of alkyl halides is 2. The van der Waals surface area contributed by atoms with E-state index in [0.717, 1.165) is 27.6 Å². The van der Waals surface area contributed by atoms with Crippen molar-refractivity contribution in [3.05, 3.63) is 71.4 Å². The fraction of sp³-hybridized carbons (Fsp3) is 0.360. The highest BCUT2D eigenvalue weighted by Crippen LogP contribution is 2.19. The number of hydrogen-bond acceptors (Lipinski definition) is 3. The van der Waals surface area contributed by atoms with E-state index in [1.165, 1.54) is 12.0 Å². The molecule has 2 aromatic carbocycles. The minimum Gasteiger partial charge on any atom is -0.383 e. The van der Waals surface area contributed by atoms with Crippen LogP contribution in [0.2, 0.25) is 0 Å².